The lowest BCUT2D eigenvalue weighted by molar-refractivity contribution is -0.121. The molecule has 3 aromatic rings. The summed E-state index contributed by atoms with van der Waals surface area (Å²) in [5, 5.41) is 3.82. The summed E-state index contributed by atoms with van der Waals surface area (Å²) in [5.74, 6) is -0.312. The van der Waals surface area contributed by atoms with Gasteiger partial charge < -0.3 is 9.88 Å². The molecule has 0 saturated carbocycles. The van der Waals surface area contributed by atoms with Gasteiger partial charge in [0, 0.05) is 11.6 Å². The molecule has 6 nitrogen and oxygen atoms in total. The second-order valence-electron chi connectivity index (χ2n) is 6.93. The first-order valence-corrected chi connectivity index (χ1v) is 10.8. The van der Waals surface area contributed by atoms with Crippen LogP contribution >= 0.6 is 23.4 Å². The summed E-state index contributed by atoms with van der Waals surface area (Å²) in [6.45, 7) is 4.77. The van der Waals surface area contributed by atoms with Gasteiger partial charge in [-0.1, -0.05) is 42.4 Å². The second-order valence-corrected chi connectivity index (χ2v) is 8.67. The van der Waals surface area contributed by atoms with Crippen molar-refractivity contribution in [1.82, 2.24) is 9.55 Å². The molecule has 0 bridgehead atoms. The van der Waals surface area contributed by atoms with E-state index >= 15 is 0 Å². The van der Waals surface area contributed by atoms with Gasteiger partial charge in [0.25, 0.3) is 0 Å². The Balaban J connectivity index is 1.63. The van der Waals surface area contributed by atoms with E-state index in [1.807, 2.05) is 43.3 Å². The number of nitrogens with zero attached hydrogens (tertiary/aromatic N) is 3. The van der Waals surface area contributed by atoms with Crippen LogP contribution in [0.1, 0.15) is 20.3 Å². The molecule has 1 aliphatic heterocycles. The number of thioether (sulfide) groups is 1. The minimum absolute atomic E-state index is 0.0156. The van der Waals surface area contributed by atoms with Crippen molar-refractivity contribution in [3.8, 4) is 0 Å². The van der Waals surface area contributed by atoms with Crippen LogP contribution in [0.25, 0.3) is 11.0 Å². The van der Waals surface area contributed by atoms with Crippen molar-refractivity contribution in [2.24, 2.45) is 0 Å². The van der Waals surface area contributed by atoms with Crippen molar-refractivity contribution in [1.29, 1.82) is 0 Å². The number of nitrogens with one attached hydrogen (secondary N) is 1. The number of carbonyl (C=O) groups excluding carboxylic acids is 2. The third-order valence-corrected chi connectivity index (χ3v) is 6.10. The Kier molecular flexibility index (Phi) is 5.52. The average molecular weight is 429 g/mol. The van der Waals surface area contributed by atoms with Crippen molar-refractivity contribution in [2.45, 2.75) is 37.2 Å². The number of aryl methyl sites for hydroxylation is 1. The first kappa shape index (κ1) is 19.8. The lowest BCUT2D eigenvalue weighted by Crippen LogP contribution is -2.45. The van der Waals surface area contributed by atoms with Gasteiger partial charge in [0.1, 0.15) is 6.54 Å². The van der Waals surface area contributed by atoms with Gasteiger partial charge in [-0.05, 0) is 43.7 Å². The Labute approximate surface area is 178 Å². The zero-order valence-corrected chi connectivity index (χ0v) is 17.8. The number of hydrogen-bond donors (Lipinski definition) is 1. The summed E-state index contributed by atoms with van der Waals surface area (Å²) in [6, 6.07) is 13.0. The van der Waals surface area contributed by atoms with E-state index in [0.717, 1.165) is 34.8 Å². The number of carbonyl (C=O) groups is 2. The highest BCUT2D eigenvalue weighted by molar-refractivity contribution is 8.00. The minimum atomic E-state index is -0.406. The van der Waals surface area contributed by atoms with Crippen LogP contribution in [0.4, 0.5) is 11.4 Å². The van der Waals surface area contributed by atoms with E-state index in [-0.39, 0.29) is 18.4 Å². The van der Waals surface area contributed by atoms with E-state index in [1.165, 1.54) is 11.8 Å². The maximum atomic E-state index is 13.2. The normalized spacial score (nSPS) is 14.6. The van der Waals surface area contributed by atoms with E-state index < -0.39 is 5.25 Å². The highest BCUT2D eigenvalue weighted by atomic mass is 35.5. The Hall–Kier alpha value is -2.51. The summed E-state index contributed by atoms with van der Waals surface area (Å²) in [5.41, 5.74) is 3.19. The smallest absolute Gasteiger partial charge is 0.244 e. The van der Waals surface area contributed by atoms with Crippen LogP contribution in [-0.2, 0) is 16.1 Å². The molecule has 1 N–H and O–H groups in total. The van der Waals surface area contributed by atoms with E-state index in [4.69, 9.17) is 16.6 Å². The summed E-state index contributed by atoms with van der Waals surface area (Å²) >= 11 is 7.53. The van der Waals surface area contributed by atoms with Crippen molar-refractivity contribution in [3.05, 3.63) is 47.5 Å². The molecule has 1 atom stereocenters. The number of para-hydroxylation sites is 2. The predicted molar refractivity (Wildman–Crippen MR) is 118 cm³/mol. The Morgan fingerprint density at radius 3 is 2.90 bits per heavy atom. The molecule has 8 heteroatoms. The van der Waals surface area contributed by atoms with Gasteiger partial charge in [0.05, 0.1) is 27.7 Å². The fourth-order valence-electron chi connectivity index (χ4n) is 3.47. The second kappa shape index (κ2) is 8.08. The molecule has 0 aliphatic carbocycles. The molecule has 2 aromatic carbocycles. The van der Waals surface area contributed by atoms with E-state index in [9.17, 15) is 9.59 Å². The Morgan fingerprint density at radius 2 is 2.10 bits per heavy atom. The quantitative estimate of drug-likeness (QED) is 0.604. The van der Waals surface area contributed by atoms with Gasteiger partial charge in [-0.2, -0.15) is 0 Å². The Bertz CT molecular complexity index is 1100. The van der Waals surface area contributed by atoms with Crippen LogP contribution < -0.4 is 10.2 Å². The molecule has 0 spiro atoms. The van der Waals surface area contributed by atoms with Gasteiger partial charge in [0.2, 0.25) is 11.8 Å². The highest BCUT2D eigenvalue weighted by Crippen LogP contribution is 2.33. The average Bonchev–Trinajstić information content (AvgIpc) is 3.03. The highest BCUT2D eigenvalue weighted by Gasteiger charge is 2.31. The zero-order valence-electron chi connectivity index (χ0n) is 16.2. The number of imidazole rings is 1. The molecule has 0 radical (unpaired) electrons. The first-order chi connectivity index (χ1) is 14.0. The molecule has 0 fully saturated rings. The van der Waals surface area contributed by atoms with Crippen LogP contribution in [0.5, 0.6) is 0 Å². The van der Waals surface area contributed by atoms with Gasteiger partial charge >= 0.3 is 0 Å². The summed E-state index contributed by atoms with van der Waals surface area (Å²) in [4.78, 5) is 31.5. The fourth-order valence-corrected chi connectivity index (χ4v) is 4.65. The maximum absolute atomic E-state index is 13.2. The number of aromatic nitrogens is 2. The van der Waals surface area contributed by atoms with E-state index in [2.05, 4.69) is 16.8 Å². The number of hydrogen-bond acceptors (Lipinski definition) is 4. The van der Waals surface area contributed by atoms with Crippen LogP contribution in [0, 0.1) is 0 Å². The first-order valence-electron chi connectivity index (χ1n) is 9.50. The van der Waals surface area contributed by atoms with Crippen LogP contribution in [0.3, 0.4) is 0 Å². The maximum Gasteiger partial charge on any atom is 0.244 e. The van der Waals surface area contributed by atoms with Gasteiger partial charge in [0.15, 0.2) is 5.16 Å². The lowest BCUT2D eigenvalue weighted by Gasteiger charge is -2.30. The SMILES string of the molecule is CCCn1c(S[C@H](C)C(=O)N2CC(=O)Nc3ccccc32)nc2cc(Cl)ccc21. The molecule has 1 aromatic heterocycles. The largest absolute Gasteiger partial charge is 0.323 e. The van der Waals surface area contributed by atoms with E-state index in [1.54, 1.807) is 11.0 Å². The number of benzene rings is 2. The molecule has 0 saturated heterocycles. The van der Waals surface area contributed by atoms with Crippen molar-refractivity contribution in [3.63, 3.8) is 0 Å². The van der Waals surface area contributed by atoms with Gasteiger partial charge in [-0.25, -0.2) is 4.98 Å². The van der Waals surface area contributed by atoms with Crippen LogP contribution in [-0.4, -0.2) is 33.2 Å². The van der Waals surface area contributed by atoms with Crippen molar-refractivity contribution >= 4 is 57.6 Å². The number of halogens is 1. The fraction of sp³-hybridized carbons (Fsp3) is 0.286. The molecular formula is C21H21ClN4O2S. The van der Waals surface area contributed by atoms with Crippen LogP contribution in [0.15, 0.2) is 47.6 Å². The monoisotopic (exact) mass is 428 g/mol. The third kappa shape index (κ3) is 3.84. The van der Waals surface area contributed by atoms with Crippen molar-refractivity contribution < 1.29 is 9.59 Å². The van der Waals surface area contributed by atoms with Crippen molar-refractivity contribution in [2.75, 3.05) is 16.8 Å². The number of anilines is 2. The Morgan fingerprint density at radius 1 is 1.31 bits per heavy atom. The summed E-state index contributed by atoms with van der Waals surface area (Å²) in [7, 11) is 0. The number of fused-ring (bicyclic) bond motifs is 2. The molecule has 2 heterocycles. The molecule has 29 heavy (non-hydrogen) atoms. The van der Waals surface area contributed by atoms with Gasteiger partial charge in [-0.15, -0.1) is 0 Å². The van der Waals surface area contributed by atoms with Crippen LogP contribution in [0.2, 0.25) is 5.02 Å². The molecule has 2 amide bonds. The van der Waals surface area contributed by atoms with Gasteiger partial charge in [-0.3, -0.25) is 14.5 Å². The summed E-state index contributed by atoms with van der Waals surface area (Å²) < 4.78 is 2.12. The number of amides is 2. The third-order valence-electron chi connectivity index (χ3n) is 4.79. The predicted octanol–water partition coefficient (Wildman–Crippen LogP) is 4.57. The molecule has 1 aliphatic rings. The topological polar surface area (TPSA) is 67.2 Å². The number of rotatable bonds is 5. The molecule has 4 rings (SSSR count). The van der Waals surface area contributed by atoms with E-state index in [0.29, 0.717) is 10.7 Å². The lowest BCUT2D eigenvalue weighted by atomic mass is 10.2. The molecule has 0 unspecified atom stereocenters. The minimum Gasteiger partial charge on any atom is -0.323 e. The molecule has 150 valence electrons. The molecular weight excluding hydrogens is 408 g/mol. The standard InChI is InChI=1S/C21H21ClN4O2S/c1-3-10-25-18-9-8-14(22)11-16(18)24-21(25)29-13(2)20(28)26-12-19(27)23-15-6-4-5-7-17(15)26/h4-9,11,13H,3,10,12H2,1-2H3,(H,23,27)/t13-/m1/s1. The summed E-state index contributed by atoms with van der Waals surface area (Å²) in [6.07, 6.45) is 0.948. The zero-order chi connectivity index (χ0) is 20.5.